The van der Waals surface area contributed by atoms with Crippen molar-refractivity contribution in [2.75, 3.05) is 36.8 Å². The minimum absolute atomic E-state index is 0. The number of urea groups is 1. The fourth-order valence-electron chi connectivity index (χ4n) is 4.73. The van der Waals surface area contributed by atoms with Crippen molar-refractivity contribution < 1.29 is 13.2 Å². The van der Waals surface area contributed by atoms with Gasteiger partial charge in [-0.05, 0) is 87.8 Å². The number of carbonyl (C=O) groups is 1. The van der Waals surface area contributed by atoms with Gasteiger partial charge in [-0.1, -0.05) is 6.07 Å². The Morgan fingerprint density at radius 2 is 1.73 bits per heavy atom. The zero-order valence-electron chi connectivity index (χ0n) is 19.0. The summed E-state index contributed by atoms with van der Waals surface area (Å²) in [6.45, 7) is 0.962. The number of aromatic nitrogens is 2. The van der Waals surface area contributed by atoms with E-state index in [1.807, 2.05) is 19.0 Å². The van der Waals surface area contributed by atoms with E-state index >= 15 is 0 Å². The molecule has 9 nitrogen and oxygen atoms in total. The Balaban J connectivity index is 0.00000306. The Labute approximate surface area is 218 Å². The number of aryl methyl sites for hydroxylation is 3. The SMILES string of the molecule is CN(C)CCCN(c1cnn(C)c1)S(=O)(=O)NC(=O)Nc1c2c(cc3c1CCC3)CCC2.[NaH]. The molecule has 2 aromatic rings. The standard InChI is InChI=1S/C22H32N6O3S.Na.H/c1-26(2)11-6-12-28(18-14-23-27(3)15-18)32(30,31)25-22(29)24-21-19-9-4-7-16(19)13-17-8-5-10-20(17)21;;/h13-15H,4-12H2,1-3H3,(H2,24,25,29);;. The number of rotatable bonds is 8. The quantitative estimate of drug-likeness (QED) is 0.554. The van der Waals surface area contributed by atoms with Crippen LogP contribution in [0.25, 0.3) is 0 Å². The Morgan fingerprint density at radius 1 is 1.09 bits per heavy atom. The van der Waals surface area contributed by atoms with Gasteiger partial charge >= 0.3 is 45.8 Å². The van der Waals surface area contributed by atoms with E-state index in [9.17, 15) is 13.2 Å². The van der Waals surface area contributed by atoms with Crippen molar-refractivity contribution in [2.45, 2.75) is 44.9 Å². The monoisotopic (exact) mass is 484 g/mol. The minimum atomic E-state index is -4.11. The summed E-state index contributed by atoms with van der Waals surface area (Å²) in [5.41, 5.74) is 6.13. The molecule has 0 radical (unpaired) electrons. The second kappa shape index (κ2) is 10.8. The Hall–Kier alpha value is -1.59. The van der Waals surface area contributed by atoms with Crippen molar-refractivity contribution in [1.29, 1.82) is 0 Å². The van der Waals surface area contributed by atoms with Crippen LogP contribution in [0.15, 0.2) is 18.5 Å². The average molecular weight is 485 g/mol. The first-order valence-corrected chi connectivity index (χ1v) is 12.6. The molecule has 2 aliphatic carbocycles. The van der Waals surface area contributed by atoms with Crippen LogP contribution < -0.4 is 14.3 Å². The summed E-state index contributed by atoms with van der Waals surface area (Å²) in [7, 11) is 1.49. The average Bonchev–Trinajstić information content (AvgIpc) is 3.44. The van der Waals surface area contributed by atoms with Gasteiger partial charge in [0.05, 0.1) is 11.9 Å². The molecule has 33 heavy (non-hydrogen) atoms. The van der Waals surface area contributed by atoms with Crippen LogP contribution in [0.2, 0.25) is 0 Å². The fourth-order valence-corrected chi connectivity index (χ4v) is 5.87. The third-order valence-electron chi connectivity index (χ3n) is 6.17. The van der Waals surface area contributed by atoms with Crippen LogP contribution >= 0.6 is 0 Å². The first kappa shape index (κ1) is 26.0. The van der Waals surface area contributed by atoms with Crippen LogP contribution in [0.4, 0.5) is 16.2 Å². The van der Waals surface area contributed by atoms with Crippen LogP contribution in [-0.4, -0.2) is 85.9 Å². The van der Waals surface area contributed by atoms with Crippen LogP contribution in [0.3, 0.4) is 0 Å². The van der Waals surface area contributed by atoms with Gasteiger partial charge in [-0.25, -0.2) is 9.52 Å². The van der Waals surface area contributed by atoms with E-state index in [0.717, 1.165) is 61.9 Å². The zero-order chi connectivity index (χ0) is 22.9. The van der Waals surface area contributed by atoms with Gasteiger partial charge in [-0.3, -0.25) is 8.99 Å². The molecule has 2 amide bonds. The van der Waals surface area contributed by atoms with Gasteiger partial charge in [-0.15, -0.1) is 0 Å². The molecule has 2 aliphatic rings. The number of hydrogen-bond acceptors (Lipinski definition) is 5. The number of anilines is 2. The first-order chi connectivity index (χ1) is 15.2. The van der Waals surface area contributed by atoms with E-state index in [-0.39, 0.29) is 36.1 Å². The number of amides is 2. The third-order valence-corrected chi connectivity index (χ3v) is 7.59. The molecule has 4 rings (SSSR count). The van der Waals surface area contributed by atoms with Crippen molar-refractivity contribution >= 4 is 57.2 Å². The number of nitrogens with one attached hydrogen (secondary N) is 2. The molecule has 1 aromatic carbocycles. The summed E-state index contributed by atoms with van der Waals surface area (Å²) < 4.78 is 31.4. The fraction of sp³-hybridized carbons (Fsp3) is 0.545. The molecule has 0 spiro atoms. The van der Waals surface area contributed by atoms with E-state index < -0.39 is 16.2 Å². The Bertz CT molecular complexity index is 1080. The molecule has 1 aromatic heterocycles. The summed E-state index contributed by atoms with van der Waals surface area (Å²) in [6, 6.07) is 1.56. The topological polar surface area (TPSA) is 99.6 Å². The third kappa shape index (κ3) is 5.92. The normalized spacial score (nSPS) is 14.5. The van der Waals surface area contributed by atoms with Gasteiger partial charge in [0, 0.05) is 25.5 Å². The molecule has 0 saturated heterocycles. The van der Waals surface area contributed by atoms with E-state index in [2.05, 4.69) is 21.2 Å². The van der Waals surface area contributed by atoms with Gasteiger partial charge in [0.15, 0.2) is 0 Å². The zero-order valence-corrected chi connectivity index (χ0v) is 19.8. The van der Waals surface area contributed by atoms with Crippen molar-refractivity contribution in [3.05, 3.63) is 40.7 Å². The second-order valence-corrected chi connectivity index (χ2v) is 10.5. The van der Waals surface area contributed by atoms with E-state index in [0.29, 0.717) is 12.1 Å². The summed E-state index contributed by atoms with van der Waals surface area (Å²) >= 11 is 0. The van der Waals surface area contributed by atoms with Crippen LogP contribution in [0.1, 0.15) is 41.5 Å². The molecule has 0 aliphatic heterocycles. The molecule has 0 unspecified atom stereocenters. The molecule has 1 heterocycles. The van der Waals surface area contributed by atoms with Crippen molar-refractivity contribution in [3.8, 4) is 0 Å². The maximum atomic E-state index is 13.2. The molecule has 0 atom stereocenters. The van der Waals surface area contributed by atoms with Crippen LogP contribution in [-0.2, 0) is 42.9 Å². The Morgan fingerprint density at radius 3 is 2.27 bits per heavy atom. The number of carbonyl (C=O) groups excluding carboxylic acids is 1. The summed E-state index contributed by atoms with van der Waals surface area (Å²) in [6.07, 6.45) is 9.71. The number of fused-ring (bicyclic) bond motifs is 2. The molecule has 0 saturated carbocycles. The maximum absolute atomic E-state index is 13.2. The molecule has 11 heteroatoms. The van der Waals surface area contributed by atoms with Crippen LogP contribution in [0, 0.1) is 0 Å². The summed E-state index contributed by atoms with van der Waals surface area (Å²) in [5.74, 6) is 0. The Kier molecular flexibility index (Phi) is 8.50. The molecule has 0 fully saturated rings. The molecular formula is C22H33N6NaO3S. The summed E-state index contributed by atoms with van der Waals surface area (Å²) in [4.78, 5) is 14.9. The number of benzene rings is 1. The molecular weight excluding hydrogens is 451 g/mol. The number of nitrogens with zero attached hydrogens (tertiary/aromatic N) is 4. The predicted molar refractivity (Wildman–Crippen MR) is 132 cm³/mol. The van der Waals surface area contributed by atoms with E-state index in [1.54, 1.807) is 17.9 Å². The van der Waals surface area contributed by atoms with E-state index in [4.69, 9.17) is 0 Å². The van der Waals surface area contributed by atoms with Gasteiger partial charge in [0.25, 0.3) is 0 Å². The van der Waals surface area contributed by atoms with Crippen molar-refractivity contribution in [2.24, 2.45) is 7.05 Å². The van der Waals surface area contributed by atoms with Gasteiger partial charge in [0.2, 0.25) is 0 Å². The van der Waals surface area contributed by atoms with Crippen molar-refractivity contribution in [1.82, 2.24) is 19.4 Å². The van der Waals surface area contributed by atoms with Gasteiger partial charge in [0.1, 0.15) is 0 Å². The van der Waals surface area contributed by atoms with E-state index in [1.165, 1.54) is 21.6 Å². The second-order valence-electron chi connectivity index (χ2n) is 8.90. The predicted octanol–water partition coefficient (Wildman–Crippen LogP) is 1.57. The van der Waals surface area contributed by atoms with Gasteiger partial charge in [-0.2, -0.15) is 13.5 Å². The molecule has 2 N–H and O–H groups in total. The molecule has 176 valence electrons. The van der Waals surface area contributed by atoms with Crippen molar-refractivity contribution in [3.63, 3.8) is 0 Å². The summed E-state index contributed by atoms with van der Waals surface area (Å²) in [5, 5.41) is 6.99. The van der Waals surface area contributed by atoms with Crippen LogP contribution in [0.5, 0.6) is 0 Å². The first-order valence-electron chi connectivity index (χ1n) is 11.2. The molecule has 0 bridgehead atoms. The number of hydrogen-bond donors (Lipinski definition) is 2. The van der Waals surface area contributed by atoms with Gasteiger partial charge < -0.3 is 10.2 Å².